The average Bonchev–Trinajstić information content (AvgIpc) is 2.76. The van der Waals surface area contributed by atoms with Crippen LogP contribution >= 0.6 is 0 Å². The molecule has 72 valence electrons. The van der Waals surface area contributed by atoms with Crippen molar-refractivity contribution in [2.75, 3.05) is 0 Å². The Hall–Kier alpha value is -1.37. The van der Waals surface area contributed by atoms with Crippen LogP contribution in [0.2, 0.25) is 0 Å². The standard InChI is InChI=1S/C13H14O/c14-13(9-11-5-1-2-6-11)10-12-7-3-4-8-12/h1-8,11-12H,9-10H2. The molecule has 0 aromatic rings. The molecule has 2 rings (SSSR count). The van der Waals surface area contributed by atoms with E-state index in [1.807, 2.05) is 24.3 Å². The number of ketones is 1. The summed E-state index contributed by atoms with van der Waals surface area (Å²) >= 11 is 0. The third-order valence-corrected chi connectivity index (χ3v) is 2.58. The highest BCUT2D eigenvalue weighted by atomic mass is 16.1. The summed E-state index contributed by atoms with van der Waals surface area (Å²) in [6, 6.07) is 0. The molecule has 2 aliphatic rings. The van der Waals surface area contributed by atoms with Crippen LogP contribution in [0, 0.1) is 11.8 Å². The zero-order valence-corrected chi connectivity index (χ0v) is 8.10. The number of rotatable bonds is 4. The van der Waals surface area contributed by atoms with Gasteiger partial charge in [-0.05, 0) is 0 Å². The maximum absolute atomic E-state index is 11.6. The van der Waals surface area contributed by atoms with Gasteiger partial charge in [0.25, 0.3) is 0 Å². The van der Waals surface area contributed by atoms with E-state index in [1.54, 1.807) is 0 Å². The molecule has 1 heteroatoms. The van der Waals surface area contributed by atoms with Gasteiger partial charge in [0.1, 0.15) is 5.78 Å². The van der Waals surface area contributed by atoms with E-state index in [9.17, 15) is 4.79 Å². The van der Waals surface area contributed by atoms with E-state index in [1.165, 1.54) is 0 Å². The van der Waals surface area contributed by atoms with E-state index in [0.29, 0.717) is 30.5 Å². The highest BCUT2D eigenvalue weighted by Crippen LogP contribution is 2.19. The summed E-state index contributed by atoms with van der Waals surface area (Å²) in [5, 5.41) is 0. The van der Waals surface area contributed by atoms with Crippen LogP contribution in [0.4, 0.5) is 0 Å². The number of hydrogen-bond donors (Lipinski definition) is 0. The molecule has 0 bridgehead atoms. The van der Waals surface area contributed by atoms with Gasteiger partial charge in [-0.2, -0.15) is 0 Å². The van der Waals surface area contributed by atoms with Crippen molar-refractivity contribution in [3.8, 4) is 0 Å². The minimum Gasteiger partial charge on any atom is -0.300 e. The van der Waals surface area contributed by atoms with Crippen molar-refractivity contribution >= 4 is 5.78 Å². The highest BCUT2D eigenvalue weighted by molar-refractivity contribution is 5.80. The molecular weight excluding hydrogens is 172 g/mol. The predicted molar refractivity (Wildman–Crippen MR) is 57.8 cm³/mol. The molecule has 2 aliphatic carbocycles. The maximum atomic E-state index is 11.6. The number of carbonyl (C=O) groups excluding carboxylic acids is 1. The lowest BCUT2D eigenvalue weighted by molar-refractivity contribution is -0.119. The summed E-state index contributed by atoms with van der Waals surface area (Å²) in [4.78, 5) is 11.6. The molecule has 14 heavy (non-hydrogen) atoms. The van der Waals surface area contributed by atoms with Crippen LogP contribution in [0.1, 0.15) is 12.8 Å². The largest absolute Gasteiger partial charge is 0.300 e. The van der Waals surface area contributed by atoms with E-state index in [2.05, 4.69) is 24.3 Å². The van der Waals surface area contributed by atoms with Crippen LogP contribution < -0.4 is 0 Å². The number of hydrogen-bond acceptors (Lipinski definition) is 1. The monoisotopic (exact) mass is 186 g/mol. The van der Waals surface area contributed by atoms with E-state index >= 15 is 0 Å². The summed E-state index contributed by atoms with van der Waals surface area (Å²) < 4.78 is 0. The van der Waals surface area contributed by atoms with Crippen molar-refractivity contribution in [2.24, 2.45) is 11.8 Å². The Balaban J connectivity index is 1.78. The van der Waals surface area contributed by atoms with Gasteiger partial charge < -0.3 is 0 Å². The first kappa shape index (κ1) is 9.20. The molecule has 0 N–H and O–H groups in total. The first-order valence-corrected chi connectivity index (χ1v) is 5.06. The van der Waals surface area contributed by atoms with Crippen molar-refractivity contribution in [3.05, 3.63) is 48.6 Å². The van der Waals surface area contributed by atoms with Crippen LogP contribution in [0.5, 0.6) is 0 Å². The van der Waals surface area contributed by atoms with Gasteiger partial charge in [-0.3, -0.25) is 4.79 Å². The molecule has 0 heterocycles. The van der Waals surface area contributed by atoms with Crippen molar-refractivity contribution in [1.82, 2.24) is 0 Å². The molecule has 0 saturated heterocycles. The number of allylic oxidation sites excluding steroid dienone is 8. The molecule has 1 nitrogen and oxygen atoms in total. The van der Waals surface area contributed by atoms with E-state index < -0.39 is 0 Å². The highest BCUT2D eigenvalue weighted by Gasteiger charge is 2.14. The first-order chi connectivity index (χ1) is 6.84. The van der Waals surface area contributed by atoms with Gasteiger partial charge in [0, 0.05) is 24.7 Å². The van der Waals surface area contributed by atoms with Gasteiger partial charge in [-0.1, -0.05) is 48.6 Å². The Morgan fingerprint density at radius 2 is 1.14 bits per heavy atom. The lowest BCUT2D eigenvalue weighted by atomic mass is 9.97. The Labute approximate surface area is 84.5 Å². The third-order valence-electron chi connectivity index (χ3n) is 2.58. The Bertz CT molecular complexity index is 275. The molecule has 0 aromatic carbocycles. The molecule has 0 unspecified atom stereocenters. The van der Waals surface area contributed by atoms with Crippen molar-refractivity contribution in [2.45, 2.75) is 12.8 Å². The van der Waals surface area contributed by atoms with E-state index in [0.717, 1.165) is 0 Å². The van der Waals surface area contributed by atoms with Crippen LogP contribution in [-0.2, 0) is 4.79 Å². The molecule has 0 saturated carbocycles. The van der Waals surface area contributed by atoms with Crippen molar-refractivity contribution in [3.63, 3.8) is 0 Å². The Morgan fingerprint density at radius 3 is 1.50 bits per heavy atom. The van der Waals surface area contributed by atoms with Crippen LogP contribution in [0.3, 0.4) is 0 Å². The van der Waals surface area contributed by atoms with E-state index in [4.69, 9.17) is 0 Å². The third kappa shape index (κ3) is 2.32. The smallest absolute Gasteiger partial charge is 0.134 e. The van der Waals surface area contributed by atoms with Gasteiger partial charge in [0.2, 0.25) is 0 Å². The zero-order chi connectivity index (χ0) is 9.80. The molecular formula is C13H14O. The minimum absolute atomic E-state index is 0.344. The minimum atomic E-state index is 0.344. The Kier molecular flexibility index (Phi) is 2.78. The molecule has 0 aromatic heterocycles. The molecule has 0 fully saturated rings. The second-order valence-corrected chi connectivity index (χ2v) is 3.81. The summed E-state index contributed by atoms with van der Waals surface area (Å²) in [6.45, 7) is 0. The lowest BCUT2D eigenvalue weighted by Gasteiger charge is -2.06. The second-order valence-electron chi connectivity index (χ2n) is 3.81. The summed E-state index contributed by atoms with van der Waals surface area (Å²) in [7, 11) is 0. The number of carbonyl (C=O) groups is 1. The molecule has 0 radical (unpaired) electrons. The van der Waals surface area contributed by atoms with Crippen LogP contribution in [0.15, 0.2) is 48.6 Å². The fourth-order valence-corrected chi connectivity index (χ4v) is 1.84. The van der Waals surface area contributed by atoms with E-state index in [-0.39, 0.29) is 0 Å². The summed E-state index contributed by atoms with van der Waals surface area (Å²) in [5.74, 6) is 1.04. The zero-order valence-electron chi connectivity index (χ0n) is 8.10. The normalized spacial score (nSPS) is 20.0. The lowest BCUT2D eigenvalue weighted by Crippen LogP contribution is -2.07. The van der Waals surface area contributed by atoms with Gasteiger partial charge in [-0.15, -0.1) is 0 Å². The molecule has 0 amide bonds. The Morgan fingerprint density at radius 1 is 0.786 bits per heavy atom. The molecule has 0 atom stereocenters. The summed E-state index contributed by atoms with van der Waals surface area (Å²) in [5.41, 5.74) is 0. The van der Waals surface area contributed by atoms with Gasteiger partial charge >= 0.3 is 0 Å². The quantitative estimate of drug-likeness (QED) is 0.659. The maximum Gasteiger partial charge on any atom is 0.134 e. The van der Waals surface area contributed by atoms with Crippen molar-refractivity contribution in [1.29, 1.82) is 0 Å². The van der Waals surface area contributed by atoms with Crippen molar-refractivity contribution < 1.29 is 4.79 Å². The summed E-state index contributed by atoms with van der Waals surface area (Å²) in [6.07, 6.45) is 17.7. The SMILES string of the molecule is O=C(CC1C=CC=C1)CC1C=CC=C1. The fourth-order valence-electron chi connectivity index (χ4n) is 1.84. The number of Topliss-reactive ketones (excluding diaryl/α,β-unsaturated/α-hetero) is 1. The second kappa shape index (κ2) is 4.23. The molecule has 0 spiro atoms. The van der Waals surface area contributed by atoms with Gasteiger partial charge in [-0.25, -0.2) is 0 Å². The van der Waals surface area contributed by atoms with Gasteiger partial charge in [0.05, 0.1) is 0 Å². The van der Waals surface area contributed by atoms with Crippen LogP contribution in [-0.4, -0.2) is 5.78 Å². The fraction of sp³-hybridized carbons (Fsp3) is 0.308. The van der Waals surface area contributed by atoms with Gasteiger partial charge in [0.15, 0.2) is 0 Å². The van der Waals surface area contributed by atoms with Crippen LogP contribution in [0.25, 0.3) is 0 Å². The molecule has 0 aliphatic heterocycles. The predicted octanol–water partition coefficient (Wildman–Crippen LogP) is 2.82. The topological polar surface area (TPSA) is 17.1 Å². The average molecular weight is 186 g/mol. The first-order valence-electron chi connectivity index (χ1n) is 5.06.